The number of aliphatic imine (C=N–C) groups is 1. The summed E-state index contributed by atoms with van der Waals surface area (Å²) in [6, 6.07) is 7.21. The molecule has 0 spiro atoms. The van der Waals surface area contributed by atoms with Gasteiger partial charge in [0, 0.05) is 23.7 Å². The molecule has 1 aromatic rings. The molecule has 8 heteroatoms. The number of nitrogens with zero attached hydrogens (tertiary/aromatic N) is 2. The minimum absolute atomic E-state index is 0.0944. The minimum atomic E-state index is -3.53. The molecule has 1 aliphatic heterocycles. The SMILES string of the molecule is CC1CC(=O)CN=C1c1ccc(NC(N)=NS(C)(=O)=O)cc1. The Morgan fingerprint density at radius 2 is 2.00 bits per heavy atom. The summed E-state index contributed by atoms with van der Waals surface area (Å²) < 4.78 is 25.3. The summed E-state index contributed by atoms with van der Waals surface area (Å²) in [5.74, 6) is 0.0560. The first kappa shape index (κ1) is 16.2. The first-order valence-corrected chi connectivity index (χ1v) is 8.58. The van der Waals surface area contributed by atoms with Gasteiger partial charge >= 0.3 is 0 Å². The summed E-state index contributed by atoms with van der Waals surface area (Å²) in [6.07, 6.45) is 1.47. The van der Waals surface area contributed by atoms with E-state index in [2.05, 4.69) is 14.7 Å². The number of Topliss-reactive ketones (excluding diaryl/α,β-unsaturated/α-hetero) is 1. The van der Waals surface area contributed by atoms with Crippen LogP contribution in [0.25, 0.3) is 0 Å². The van der Waals surface area contributed by atoms with Crippen molar-refractivity contribution in [3.63, 3.8) is 0 Å². The molecule has 1 heterocycles. The summed E-state index contributed by atoms with van der Waals surface area (Å²) >= 11 is 0. The van der Waals surface area contributed by atoms with E-state index in [1.54, 1.807) is 12.1 Å². The van der Waals surface area contributed by atoms with E-state index in [1.807, 2.05) is 19.1 Å². The van der Waals surface area contributed by atoms with Gasteiger partial charge in [0.25, 0.3) is 10.0 Å². The smallest absolute Gasteiger partial charge is 0.253 e. The number of nitrogens with one attached hydrogen (secondary N) is 1. The van der Waals surface area contributed by atoms with E-state index >= 15 is 0 Å². The molecule has 1 aromatic carbocycles. The Morgan fingerprint density at radius 1 is 1.36 bits per heavy atom. The average molecular weight is 322 g/mol. The lowest BCUT2D eigenvalue weighted by molar-refractivity contribution is -0.118. The van der Waals surface area contributed by atoms with Gasteiger partial charge in [0.05, 0.1) is 12.8 Å². The second kappa shape index (κ2) is 6.27. The molecule has 7 nitrogen and oxygen atoms in total. The lowest BCUT2D eigenvalue weighted by atomic mass is 9.91. The first-order chi connectivity index (χ1) is 10.2. The van der Waals surface area contributed by atoms with Crippen molar-refractivity contribution >= 4 is 33.2 Å². The summed E-state index contributed by atoms with van der Waals surface area (Å²) in [4.78, 5) is 15.7. The lowest BCUT2D eigenvalue weighted by Crippen LogP contribution is -2.25. The summed E-state index contributed by atoms with van der Waals surface area (Å²) in [5.41, 5.74) is 7.97. The molecule has 0 amide bonds. The van der Waals surface area contributed by atoms with Crippen molar-refractivity contribution in [2.75, 3.05) is 18.1 Å². The monoisotopic (exact) mass is 322 g/mol. The van der Waals surface area contributed by atoms with Crippen molar-refractivity contribution in [3.05, 3.63) is 29.8 Å². The number of hydrogen-bond donors (Lipinski definition) is 2. The minimum Gasteiger partial charge on any atom is -0.369 e. The van der Waals surface area contributed by atoms with Crippen LogP contribution < -0.4 is 11.1 Å². The maximum absolute atomic E-state index is 11.3. The fraction of sp³-hybridized carbons (Fsp3) is 0.357. The average Bonchev–Trinajstić information content (AvgIpc) is 2.38. The van der Waals surface area contributed by atoms with E-state index < -0.39 is 10.0 Å². The maximum atomic E-state index is 11.3. The van der Waals surface area contributed by atoms with Crippen LogP contribution in [0.1, 0.15) is 18.9 Å². The first-order valence-electron chi connectivity index (χ1n) is 6.73. The lowest BCUT2D eigenvalue weighted by Gasteiger charge is -2.19. The molecule has 118 valence electrons. The zero-order valence-corrected chi connectivity index (χ0v) is 13.2. The molecule has 0 aliphatic carbocycles. The van der Waals surface area contributed by atoms with Crippen molar-refractivity contribution in [1.29, 1.82) is 0 Å². The molecule has 1 unspecified atom stereocenters. The fourth-order valence-corrected chi connectivity index (χ4v) is 2.68. The number of carbonyl (C=O) groups is 1. The largest absolute Gasteiger partial charge is 0.369 e. The van der Waals surface area contributed by atoms with Gasteiger partial charge in [-0.05, 0) is 17.7 Å². The molecule has 3 N–H and O–H groups in total. The zero-order valence-electron chi connectivity index (χ0n) is 12.4. The van der Waals surface area contributed by atoms with Crippen LogP contribution in [0.2, 0.25) is 0 Å². The van der Waals surface area contributed by atoms with Gasteiger partial charge in [-0.25, -0.2) is 8.42 Å². The van der Waals surface area contributed by atoms with Gasteiger partial charge in [-0.2, -0.15) is 0 Å². The van der Waals surface area contributed by atoms with Crippen LogP contribution in [-0.4, -0.2) is 38.7 Å². The van der Waals surface area contributed by atoms with E-state index in [0.29, 0.717) is 12.1 Å². The Kier molecular flexibility index (Phi) is 4.60. The molecule has 0 bridgehead atoms. The van der Waals surface area contributed by atoms with Gasteiger partial charge in [-0.3, -0.25) is 9.79 Å². The topological polar surface area (TPSA) is 114 Å². The molecule has 0 saturated heterocycles. The Hall–Kier alpha value is -2.22. The highest BCUT2D eigenvalue weighted by atomic mass is 32.2. The second-order valence-corrected chi connectivity index (χ2v) is 6.91. The fourth-order valence-electron chi connectivity index (χ4n) is 2.28. The Labute approximate surface area is 129 Å². The molecule has 0 fully saturated rings. The number of hydrogen-bond acceptors (Lipinski definition) is 4. The Balaban J connectivity index is 2.14. The van der Waals surface area contributed by atoms with Crippen LogP contribution >= 0.6 is 0 Å². The van der Waals surface area contributed by atoms with E-state index in [-0.39, 0.29) is 24.2 Å². The number of carbonyl (C=O) groups excluding carboxylic acids is 1. The van der Waals surface area contributed by atoms with Gasteiger partial charge < -0.3 is 11.1 Å². The molecule has 1 atom stereocenters. The van der Waals surface area contributed by atoms with E-state index in [4.69, 9.17) is 5.73 Å². The predicted molar refractivity (Wildman–Crippen MR) is 86.7 cm³/mol. The number of ketones is 1. The van der Waals surface area contributed by atoms with Gasteiger partial charge in [0.15, 0.2) is 5.78 Å². The summed E-state index contributed by atoms with van der Waals surface area (Å²) in [7, 11) is -3.53. The van der Waals surface area contributed by atoms with Crippen molar-refractivity contribution in [2.24, 2.45) is 21.0 Å². The molecular weight excluding hydrogens is 304 g/mol. The highest BCUT2D eigenvalue weighted by molar-refractivity contribution is 7.89. The van der Waals surface area contributed by atoms with Gasteiger partial charge in [-0.1, -0.05) is 19.1 Å². The highest BCUT2D eigenvalue weighted by Gasteiger charge is 2.21. The van der Waals surface area contributed by atoms with Gasteiger partial charge in [-0.15, -0.1) is 4.40 Å². The Bertz CT molecular complexity index is 736. The Morgan fingerprint density at radius 3 is 2.55 bits per heavy atom. The predicted octanol–water partition coefficient (Wildman–Crippen LogP) is 0.771. The van der Waals surface area contributed by atoms with Crippen LogP contribution in [0.5, 0.6) is 0 Å². The van der Waals surface area contributed by atoms with Crippen LogP contribution in [0.3, 0.4) is 0 Å². The van der Waals surface area contributed by atoms with Crippen molar-refractivity contribution in [3.8, 4) is 0 Å². The number of benzene rings is 1. The molecule has 1 aliphatic rings. The van der Waals surface area contributed by atoms with E-state index in [0.717, 1.165) is 17.5 Å². The highest BCUT2D eigenvalue weighted by Crippen LogP contribution is 2.19. The quantitative estimate of drug-likeness (QED) is 0.630. The van der Waals surface area contributed by atoms with Gasteiger partial charge in [0.2, 0.25) is 5.96 Å². The van der Waals surface area contributed by atoms with E-state index in [1.165, 1.54) is 0 Å². The molecule has 2 rings (SSSR count). The van der Waals surface area contributed by atoms with Crippen molar-refractivity contribution < 1.29 is 13.2 Å². The number of rotatable bonds is 3. The number of guanidine groups is 1. The molecular formula is C14H18N4O3S. The van der Waals surface area contributed by atoms with Crippen LogP contribution in [0, 0.1) is 5.92 Å². The molecule has 0 saturated carbocycles. The second-order valence-electron chi connectivity index (χ2n) is 5.26. The third kappa shape index (κ3) is 4.39. The zero-order chi connectivity index (χ0) is 16.3. The van der Waals surface area contributed by atoms with Crippen molar-refractivity contribution in [1.82, 2.24) is 0 Å². The normalized spacial score (nSPS) is 19.7. The third-order valence-electron chi connectivity index (χ3n) is 3.14. The van der Waals surface area contributed by atoms with Gasteiger partial charge in [0.1, 0.15) is 0 Å². The standard InChI is InChI=1S/C14H18N4O3S/c1-9-7-12(19)8-16-13(9)10-3-5-11(6-4-10)17-14(15)18-22(2,20)21/h3-6,9H,7-8H2,1-2H3,(H3,15,17,18). The number of sulfonamides is 1. The van der Waals surface area contributed by atoms with Crippen molar-refractivity contribution in [2.45, 2.75) is 13.3 Å². The molecule has 0 aromatic heterocycles. The van der Waals surface area contributed by atoms with Crippen LogP contribution in [-0.2, 0) is 14.8 Å². The van der Waals surface area contributed by atoms with Crippen LogP contribution in [0.15, 0.2) is 33.7 Å². The number of anilines is 1. The van der Waals surface area contributed by atoms with Crippen LogP contribution in [0.4, 0.5) is 5.69 Å². The summed E-state index contributed by atoms with van der Waals surface area (Å²) in [6.45, 7) is 2.20. The number of nitrogens with two attached hydrogens (primary N) is 1. The maximum Gasteiger partial charge on any atom is 0.253 e. The summed E-state index contributed by atoms with van der Waals surface area (Å²) in [5, 5.41) is 2.70. The molecule has 0 radical (unpaired) electrons. The van der Waals surface area contributed by atoms with E-state index in [9.17, 15) is 13.2 Å². The third-order valence-corrected chi connectivity index (χ3v) is 3.67. The molecule has 22 heavy (non-hydrogen) atoms.